The number of ether oxygens (including phenoxy) is 1. The van der Waals surface area contributed by atoms with Gasteiger partial charge in [-0.3, -0.25) is 0 Å². The van der Waals surface area contributed by atoms with E-state index in [-0.39, 0.29) is 17.5 Å². The third-order valence-corrected chi connectivity index (χ3v) is 6.29. The van der Waals surface area contributed by atoms with Crippen molar-refractivity contribution in [2.75, 3.05) is 43.9 Å². The molecule has 1 saturated heterocycles. The molecular weight excluding hydrogens is 461 g/mol. The van der Waals surface area contributed by atoms with E-state index in [1.807, 2.05) is 6.92 Å². The van der Waals surface area contributed by atoms with Gasteiger partial charge in [0.2, 0.25) is 11.8 Å². The molecule has 0 spiro atoms. The van der Waals surface area contributed by atoms with E-state index in [2.05, 4.69) is 30.7 Å². The Kier molecular flexibility index (Phi) is 7.10. The van der Waals surface area contributed by atoms with E-state index in [1.54, 1.807) is 41.9 Å². The molecule has 3 aromatic rings. The SMILES string of the molecule is CCN1CC[C@@H](Nc2nc(OC)c3c(-c4ccc(N=N)c(NCC(F)F)c4)ccn3n2)C(C)(F)C1. The van der Waals surface area contributed by atoms with Gasteiger partial charge in [0.25, 0.3) is 6.43 Å². The first-order valence-electron chi connectivity index (χ1n) is 11.4. The Bertz CT molecular complexity index is 1200. The molecule has 0 bridgehead atoms. The molecule has 4 rings (SSSR count). The third kappa shape index (κ3) is 5.16. The molecule has 1 aromatic carbocycles. The number of aromatic nitrogens is 3. The molecule has 1 unspecified atom stereocenters. The van der Waals surface area contributed by atoms with Gasteiger partial charge in [0, 0.05) is 24.8 Å². The van der Waals surface area contributed by atoms with Crippen molar-refractivity contribution in [1.29, 1.82) is 5.53 Å². The van der Waals surface area contributed by atoms with E-state index in [0.29, 0.717) is 35.3 Å². The van der Waals surface area contributed by atoms with Gasteiger partial charge < -0.3 is 20.3 Å². The van der Waals surface area contributed by atoms with Crippen LogP contribution in [-0.2, 0) is 0 Å². The molecule has 0 saturated carbocycles. The Balaban J connectivity index is 1.67. The molecule has 3 N–H and O–H groups in total. The maximum atomic E-state index is 15.3. The summed E-state index contributed by atoms with van der Waals surface area (Å²) < 4.78 is 47.9. The molecule has 188 valence electrons. The lowest BCUT2D eigenvalue weighted by molar-refractivity contribution is 0.0508. The number of alkyl halides is 3. The Morgan fingerprint density at radius 1 is 1.34 bits per heavy atom. The van der Waals surface area contributed by atoms with Crippen molar-refractivity contribution in [3.8, 4) is 17.0 Å². The fourth-order valence-corrected chi connectivity index (χ4v) is 4.45. The zero-order valence-corrected chi connectivity index (χ0v) is 19.9. The second-order valence-electron chi connectivity index (χ2n) is 8.72. The highest BCUT2D eigenvalue weighted by Gasteiger charge is 2.40. The Hall–Kier alpha value is -3.41. The number of halogens is 3. The molecule has 9 nitrogen and oxygen atoms in total. The Morgan fingerprint density at radius 2 is 2.14 bits per heavy atom. The maximum Gasteiger partial charge on any atom is 0.255 e. The molecule has 0 aliphatic carbocycles. The van der Waals surface area contributed by atoms with Gasteiger partial charge in [0.1, 0.15) is 16.9 Å². The van der Waals surface area contributed by atoms with Crippen LogP contribution >= 0.6 is 0 Å². The molecule has 2 atom stereocenters. The molecular formula is C23H29F3N8O. The summed E-state index contributed by atoms with van der Waals surface area (Å²) >= 11 is 0. The summed E-state index contributed by atoms with van der Waals surface area (Å²) in [7, 11) is 1.49. The maximum absolute atomic E-state index is 15.3. The number of benzene rings is 1. The van der Waals surface area contributed by atoms with Crippen LogP contribution in [0.25, 0.3) is 16.6 Å². The van der Waals surface area contributed by atoms with Crippen LogP contribution in [0, 0.1) is 5.53 Å². The normalized spacial score (nSPS) is 20.8. The van der Waals surface area contributed by atoms with Crippen LogP contribution in [0.15, 0.2) is 35.6 Å². The van der Waals surface area contributed by atoms with Crippen LogP contribution in [0.5, 0.6) is 5.88 Å². The fraction of sp³-hybridized carbons (Fsp3) is 0.478. The lowest BCUT2D eigenvalue weighted by Gasteiger charge is -2.41. The predicted molar refractivity (Wildman–Crippen MR) is 128 cm³/mol. The van der Waals surface area contributed by atoms with Crippen molar-refractivity contribution in [2.45, 2.75) is 38.4 Å². The van der Waals surface area contributed by atoms with Crippen molar-refractivity contribution in [3.63, 3.8) is 0 Å². The van der Waals surface area contributed by atoms with E-state index < -0.39 is 24.7 Å². The van der Waals surface area contributed by atoms with Crippen molar-refractivity contribution in [3.05, 3.63) is 30.5 Å². The fourth-order valence-electron chi connectivity index (χ4n) is 4.45. The van der Waals surface area contributed by atoms with Gasteiger partial charge in [0.15, 0.2) is 0 Å². The number of piperidine rings is 1. The van der Waals surface area contributed by atoms with Crippen LogP contribution in [0.3, 0.4) is 0 Å². The van der Waals surface area contributed by atoms with E-state index in [0.717, 1.165) is 13.1 Å². The van der Waals surface area contributed by atoms with Crippen molar-refractivity contribution in [2.24, 2.45) is 5.11 Å². The molecule has 35 heavy (non-hydrogen) atoms. The van der Waals surface area contributed by atoms with Crippen LogP contribution in [-0.4, -0.2) is 70.9 Å². The number of likely N-dealkylation sites (tertiary alicyclic amines) is 1. The number of fused-ring (bicyclic) bond motifs is 1. The highest BCUT2D eigenvalue weighted by Crippen LogP contribution is 2.36. The molecule has 12 heteroatoms. The first-order valence-corrected chi connectivity index (χ1v) is 11.4. The minimum absolute atomic E-state index is 0.246. The van der Waals surface area contributed by atoms with E-state index >= 15 is 4.39 Å². The molecule has 1 aliphatic rings. The topological polar surface area (TPSA) is 103 Å². The molecule has 1 fully saturated rings. The summed E-state index contributed by atoms with van der Waals surface area (Å²) in [6.07, 6.45) is -0.209. The number of nitrogens with one attached hydrogen (secondary N) is 3. The first kappa shape index (κ1) is 24.7. The third-order valence-electron chi connectivity index (χ3n) is 6.29. The van der Waals surface area contributed by atoms with Gasteiger partial charge in [-0.1, -0.05) is 13.0 Å². The highest BCUT2D eigenvalue weighted by atomic mass is 19.3. The van der Waals surface area contributed by atoms with Gasteiger partial charge in [-0.15, -0.1) is 5.10 Å². The van der Waals surface area contributed by atoms with Crippen molar-refractivity contribution >= 4 is 22.8 Å². The molecule has 0 radical (unpaired) electrons. The minimum Gasteiger partial charge on any atom is -0.479 e. The number of rotatable bonds is 9. The number of hydrogen-bond acceptors (Lipinski definition) is 8. The smallest absolute Gasteiger partial charge is 0.255 e. The zero-order valence-electron chi connectivity index (χ0n) is 19.9. The van der Waals surface area contributed by atoms with E-state index in [4.69, 9.17) is 10.3 Å². The number of anilines is 2. The predicted octanol–water partition coefficient (Wildman–Crippen LogP) is 4.98. The van der Waals surface area contributed by atoms with Gasteiger partial charge >= 0.3 is 0 Å². The number of methoxy groups -OCH3 is 1. The molecule has 3 heterocycles. The number of nitrogens with zero attached hydrogens (tertiary/aromatic N) is 5. The average Bonchev–Trinajstić information content (AvgIpc) is 3.27. The second kappa shape index (κ2) is 10.1. The summed E-state index contributed by atoms with van der Waals surface area (Å²) in [6, 6.07) is 6.31. The zero-order chi connectivity index (χ0) is 25.2. The van der Waals surface area contributed by atoms with Gasteiger partial charge in [0.05, 0.1) is 25.4 Å². The lowest BCUT2D eigenvalue weighted by Crippen LogP contribution is -2.55. The summed E-state index contributed by atoms with van der Waals surface area (Å²) in [4.78, 5) is 6.56. The van der Waals surface area contributed by atoms with Crippen molar-refractivity contribution in [1.82, 2.24) is 19.5 Å². The molecule has 2 aromatic heterocycles. The van der Waals surface area contributed by atoms with Gasteiger partial charge in [-0.25, -0.2) is 23.2 Å². The Morgan fingerprint density at radius 3 is 2.80 bits per heavy atom. The van der Waals surface area contributed by atoms with Crippen LogP contribution in [0.4, 0.5) is 30.5 Å². The van der Waals surface area contributed by atoms with Crippen LogP contribution in [0.1, 0.15) is 20.3 Å². The largest absolute Gasteiger partial charge is 0.479 e. The van der Waals surface area contributed by atoms with Crippen LogP contribution < -0.4 is 15.4 Å². The van der Waals surface area contributed by atoms with E-state index in [1.165, 1.54) is 7.11 Å². The summed E-state index contributed by atoms with van der Waals surface area (Å²) in [6.45, 7) is 4.95. The molecule has 1 aliphatic heterocycles. The van der Waals surface area contributed by atoms with E-state index in [9.17, 15) is 8.78 Å². The summed E-state index contributed by atoms with van der Waals surface area (Å²) in [5.74, 6) is 0.531. The molecule has 0 amide bonds. The standard InChI is InChI=1S/C23H29F3N8O/c1-4-33-9-8-18(23(2,26)13-33)29-22-30-21(35-3)20-15(7-10-34(20)32-22)14-5-6-16(31-27)17(11-14)28-12-19(24)25/h5-7,10-11,18-19,27-28H,4,8-9,12-13H2,1-3H3,(H,29,32)/t18-,23?/m1/s1. The minimum atomic E-state index is -2.55. The van der Waals surface area contributed by atoms with Gasteiger partial charge in [-0.05, 0) is 43.7 Å². The first-order chi connectivity index (χ1) is 16.7. The van der Waals surface area contributed by atoms with Crippen molar-refractivity contribution < 1.29 is 17.9 Å². The Labute approximate surface area is 201 Å². The monoisotopic (exact) mass is 490 g/mol. The summed E-state index contributed by atoms with van der Waals surface area (Å²) in [5, 5.41) is 13.7. The highest BCUT2D eigenvalue weighted by molar-refractivity contribution is 5.87. The average molecular weight is 491 g/mol. The quantitative estimate of drug-likeness (QED) is 0.366. The lowest BCUT2D eigenvalue weighted by atomic mass is 9.91. The second-order valence-corrected chi connectivity index (χ2v) is 8.72. The van der Waals surface area contributed by atoms with Crippen LogP contribution in [0.2, 0.25) is 0 Å². The van der Waals surface area contributed by atoms with Gasteiger partial charge in [-0.2, -0.15) is 10.1 Å². The number of hydrogen-bond donors (Lipinski definition) is 3. The summed E-state index contributed by atoms with van der Waals surface area (Å²) in [5.41, 5.74) is 8.37.